The summed E-state index contributed by atoms with van der Waals surface area (Å²) >= 11 is 0. The van der Waals surface area contributed by atoms with E-state index in [9.17, 15) is 5.11 Å². The van der Waals surface area contributed by atoms with Gasteiger partial charge in [-0.25, -0.2) is 0 Å². The molecular weight excluding hydrogens is 168 g/mol. The Labute approximate surface area is 68.0 Å². The van der Waals surface area contributed by atoms with Gasteiger partial charge in [-0.3, -0.25) is 0 Å². The Balaban J connectivity index is 2.87. The van der Waals surface area contributed by atoms with Gasteiger partial charge in [-0.1, -0.05) is 0 Å². The Bertz CT molecular complexity index is 212. The fourth-order valence-electron chi connectivity index (χ4n) is 0.900. The van der Waals surface area contributed by atoms with Crippen LogP contribution in [0.5, 0.6) is 0 Å². The molecule has 0 aliphatic carbocycles. The van der Waals surface area contributed by atoms with E-state index >= 15 is 0 Å². The number of rotatable bonds is 2. The Morgan fingerprint density at radius 1 is 1.50 bits per heavy atom. The maximum atomic E-state index is 9.30. The van der Waals surface area contributed by atoms with Crippen molar-refractivity contribution in [3.8, 4) is 0 Å². The second-order valence-corrected chi connectivity index (χ2v) is 2.48. The van der Waals surface area contributed by atoms with Crippen LogP contribution < -0.4 is 0 Å². The van der Waals surface area contributed by atoms with Crippen LogP contribution in [-0.4, -0.2) is 50.6 Å². The Hall–Kier alpha value is -0.820. The van der Waals surface area contributed by atoms with Gasteiger partial charge in [0.15, 0.2) is 11.5 Å². The minimum Gasteiger partial charge on any atom is -0.506 e. The van der Waals surface area contributed by atoms with Gasteiger partial charge in [0, 0.05) is 0 Å². The van der Waals surface area contributed by atoms with E-state index < -0.39 is 30.0 Å². The molecule has 1 rings (SSSR count). The average Bonchev–Trinajstić information content (AvgIpc) is 2.33. The van der Waals surface area contributed by atoms with Crippen LogP contribution in [-0.2, 0) is 4.74 Å². The van der Waals surface area contributed by atoms with Gasteiger partial charge >= 0.3 is 0 Å². The Kier molecular flexibility index (Phi) is 2.25. The molecule has 1 aliphatic heterocycles. The zero-order chi connectivity index (χ0) is 9.35. The molecule has 0 fully saturated rings. The molecule has 1 heterocycles. The molecule has 0 amide bonds. The molecule has 2 atom stereocenters. The number of aliphatic hydroxyl groups is 5. The lowest BCUT2D eigenvalue weighted by molar-refractivity contribution is -0.235. The molecule has 2 unspecified atom stereocenters. The van der Waals surface area contributed by atoms with Crippen molar-refractivity contribution in [2.24, 2.45) is 0 Å². The molecule has 0 saturated heterocycles. The van der Waals surface area contributed by atoms with Crippen molar-refractivity contribution in [2.75, 3.05) is 13.2 Å². The number of aliphatic hydroxyl groups excluding tert-OH is 4. The molecule has 0 spiro atoms. The molecule has 0 aromatic heterocycles. The first kappa shape index (κ1) is 9.27. The van der Waals surface area contributed by atoms with E-state index in [2.05, 4.69) is 4.74 Å². The van der Waals surface area contributed by atoms with Gasteiger partial charge in [-0.2, -0.15) is 0 Å². The first-order valence-corrected chi connectivity index (χ1v) is 3.29. The maximum Gasteiger partial charge on any atom is 0.258 e. The summed E-state index contributed by atoms with van der Waals surface area (Å²) in [5, 5.41) is 44.6. The second-order valence-electron chi connectivity index (χ2n) is 2.48. The van der Waals surface area contributed by atoms with Crippen molar-refractivity contribution >= 4 is 0 Å². The van der Waals surface area contributed by atoms with Gasteiger partial charge < -0.3 is 30.3 Å². The lowest BCUT2D eigenvalue weighted by Gasteiger charge is -2.25. The normalized spacial score (nSPS) is 32.6. The molecule has 70 valence electrons. The Morgan fingerprint density at radius 3 is 2.42 bits per heavy atom. The van der Waals surface area contributed by atoms with E-state index in [1.165, 1.54) is 0 Å². The highest BCUT2D eigenvalue weighted by Gasteiger charge is 2.47. The van der Waals surface area contributed by atoms with Crippen LogP contribution in [0, 0.1) is 0 Å². The Morgan fingerprint density at radius 2 is 2.08 bits per heavy atom. The van der Waals surface area contributed by atoms with Crippen LogP contribution >= 0.6 is 0 Å². The van der Waals surface area contributed by atoms with E-state index in [1.807, 2.05) is 0 Å². The molecule has 6 heteroatoms. The molecule has 0 aromatic rings. The van der Waals surface area contributed by atoms with Crippen molar-refractivity contribution in [1.29, 1.82) is 0 Å². The number of hydrogen-bond donors (Lipinski definition) is 5. The number of hydrogen-bond acceptors (Lipinski definition) is 6. The van der Waals surface area contributed by atoms with Gasteiger partial charge in [0.05, 0.1) is 6.61 Å². The van der Waals surface area contributed by atoms with Gasteiger partial charge in [-0.05, 0) is 0 Å². The van der Waals surface area contributed by atoms with Gasteiger partial charge in [-0.15, -0.1) is 0 Å². The zero-order valence-electron chi connectivity index (χ0n) is 6.14. The third kappa shape index (κ3) is 1.14. The third-order valence-corrected chi connectivity index (χ3v) is 1.67. The van der Waals surface area contributed by atoms with Gasteiger partial charge in [0.25, 0.3) is 5.79 Å². The van der Waals surface area contributed by atoms with Crippen molar-refractivity contribution in [3.63, 3.8) is 0 Å². The smallest absolute Gasteiger partial charge is 0.258 e. The zero-order valence-corrected chi connectivity index (χ0v) is 6.14. The topological polar surface area (TPSA) is 110 Å². The summed E-state index contributed by atoms with van der Waals surface area (Å²) in [5.41, 5.74) is 0. The summed E-state index contributed by atoms with van der Waals surface area (Å²) in [6.45, 7) is -1.17. The SMILES string of the molecule is OCC(O)C1(O)OCC(O)=C1O. The van der Waals surface area contributed by atoms with Gasteiger partial charge in [0.1, 0.15) is 12.7 Å². The first-order chi connectivity index (χ1) is 5.52. The molecule has 5 N–H and O–H groups in total. The summed E-state index contributed by atoms with van der Waals surface area (Å²) < 4.78 is 4.49. The van der Waals surface area contributed by atoms with Crippen LogP contribution in [0.15, 0.2) is 11.5 Å². The summed E-state index contributed by atoms with van der Waals surface area (Å²) in [5.74, 6) is -3.78. The monoisotopic (exact) mass is 178 g/mol. The predicted octanol–water partition coefficient (Wildman–Crippen LogP) is -1.61. The standard InChI is InChI=1S/C6H10O6/c7-1-4(9)6(11)5(10)3(8)2-12-6/h4,7-11H,1-2H2. The highest BCUT2D eigenvalue weighted by molar-refractivity contribution is 5.16. The largest absolute Gasteiger partial charge is 0.506 e. The average molecular weight is 178 g/mol. The summed E-state index contributed by atoms with van der Waals surface area (Å²) in [7, 11) is 0. The lowest BCUT2D eigenvalue weighted by Crippen LogP contribution is -2.46. The van der Waals surface area contributed by atoms with Crippen LogP contribution in [0.4, 0.5) is 0 Å². The fraction of sp³-hybridized carbons (Fsp3) is 0.667. The van der Waals surface area contributed by atoms with E-state index in [4.69, 9.17) is 20.4 Å². The van der Waals surface area contributed by atoms with E-state index in [0.29, 0.717) is 0 Å². The van der Waals surface area contributed by atoms with E-state index in [-0.39, 0.29) is 6.61 Å². The molecular formula is C6H10O6. The molecule has 12 heavy (non-hydrogen) atoms. The minimum atomic E-state index is -2.38. The molecule has 1 aliphatic rings. The van der Waals surface area contributed by atoms with Crippen LogP contribution in [0.3, 0.4) is 0 Å². The van der Waals surface area contributed by atoms with Crippen molar-refractivity contribution in [3.05, 3.63) is 11.5 Å². The number of ether oxygens (including phenoxy) is 1. The van der Waals surface area contributed by atoms with Crippen molar-refractivity contribution < 1.29 is 30.3 Å². The van der Waals surface area contributed by atoms with E-state index in [1.54, 1.807) is 0 Å². The lowest BCUT2D eigenvalue weighted by atomic mass is 10.1. The maximum absolute atomic E-state index is 9.30. The third-order valence-electron chi connectivity index (χ3n) is 1.67. The van der Waals surface area contributed by atoms with Crippen molar-refractivity contribution in [1.82, 2.24) is 0 Å². The first-order valence-electron chi connectivity index (χ1n) is 3.29. The molecule has 6 nitrogen and oxygen atoms in total. The minimum absolute atomic E-state index is 0.389. The summed E-state index contributed by atoms with van der Waals surface area (Å²) in [6, 6.07) is 0. The summed E-state index contributed by atoms with van der Waals surface area (Å²) in [4.78, 5) is 0. The quantitative estimate of drug-likeness (QED) is 0.348. The van der Waals surface area contributed by atoms with Crippen LogP contribution in [0.2, 0.25) is 0 Å². The van der Waals surface area contributed by atoms with E-state index in [0.717, 1.165) is 0 Å². The fourth-order valence-corrected chi connectivity index (χ4v) is 0.900. The van der Waals surface area contributed by atoms with Crippen molar-refractivity contribution in [2.45, 2.75) is 11.9 Å². The highest BCUT2D eigenvalue weighted by atomic mass is 16.7. The molecule has 0 bridgehead atoms. The van der Waals surface area contributed by atoms with Gasteiger partial charge in [0.2, 0.25) is 0 Å². The molecule has 0 radical (unpaired) electrons. The second kappa shape index (κ2) is 2.91. The van der Waals surface area contributed by atoms with Crippen LogP contribution in [0.25, 0.3) is 0 Å². The highest BCUT2D eigenvalue weighted by Crippen LogP contribution is 2.29. The van der Waals surface area contributed by atoms with Crippen LogP contribution in [0.1, 0.15) is 0 Å². The molecule has 0 saturated carbocycles. The predicted molar refractivity (Wildman–Crippen MR) is 36.3 cm³/mol. The molecule has 0 aromatic carbocycles. The summed E-state index contributed by atoms with van der Waals surface area (Å²) in [6.07, 6.45) is -1.68.